The van der Waals surface area contributed by atoms with Crippen molar-refractivity contribution in [3.63, 3.8) is 0 Å². The number of benzene rings is 1. The number of nitrogens with zero attached hydrogens (tertiary/aromatic N) is 1. The van der Waals surface area contributed by atoms with Gasteiger partial charge in [0.2, 0.25) is 0 Å². The average Bonchev–Trinajstić information content (AvgIpc) is 2.27. The van der Waals surface area contributed by atoms with Crippen LogP contribution in [-0.2, 0) is 0 Å². The molecule has 0 saturated carbocycles. The van der Waals surface area contributed by atoms with Gasteiger partial charge in [0.25, 0.3) is 0 Å². The second kappa shape index (κ2) is 3.93. The van der Waals surface area contributed by atoms with Gasteiger partial charge in [-0.15, -0.1) is 0 Å². The molecule has 0 spiro atoms. The van der Waals surface area contributed by atoms with Crippen molar-refractivity contribution in [2.24, 2.45) is 0 Å². The van der Waals surface area contributed by atoms with E-state index in [1.54, 1.807) is 6.07 Å². The van der Waals surface area contributed by atoms with Gasteiger partial charge in [0, 0.05) is 5.39 Å². The third-order valence-electron chi connectivity index (χ3n) is 2.60. The van der Waals surface area contributed by atoms with Crippen molar-refractivity contribution >= 4 is 16.9 Å². The van der Waals surface area contributed by atoms with Crippen LogP contribution in [0.1, 0.15) is 35.8 Å². The molecule has 0 radical (unpaired) electrons. The summed E-state index contributed by atoms with van der Waals surface area (Å²) in [6.07, 6.45) is 0. The molecule has 16 heavy (non-hydrogen) atoms. The van der Waals surface area contributed by atoms with Crippen LogP contribution in [0.25, 0.3) is 10.9 Å². The zero-order valence-electron chi connectivity index (χ0n) is 9.27. The number of fused-ring (bicyclic) bond motifs is 1. The van der Waals surface area contributed by atoms with Crippen molar-refractivity contribution in [3.8, 4) is 0 Å². The maximum absolute atomic E-state index is 10.8. The lowest BCUT2D eigenvalue weighted by molar-refractivity contribution is 0.0691. The Bertz CT molecular complexity index is 547. The van der Waals surface area contributed by atoms with Gasteiger partial charge in [0.15, 0.2) is 0 Å². The van der Waals surface area contributed by atoms with Crippen LogP contribution in [0.15, 0.2) is 30.3 Å². The number of pyridine rings is 1. The summed E-state index contributed by atoms with van der Waals surface area (Å²) in [7, 11) is 0. The number of aromatic carboxylic acids is 1. The summed E-state index contributed by atoms with van der Waals surface area (Å²) < 4.78 is 0. The van der Waals surface area contributed by atoms with Crippen LogP contribution in [0.2, 0.25) is 0 Å². The Morgan fingerprint density at radius 2 is 2.00 bits per heavy atom. The van der Waals surface area contributed by atoms with Crippen LogP contribution in [0, 0.1) is 0 Å². The molecule has 1 aromatic heterocycles. The van der Waals surface area contributed by atoms with Gasteiger partial charge in [-0.1, -0.05) is 26.0 Å². The van der Waals surface area contributed by atoms with Gasteiger partial charge in [0.1, 0.15) is 5.69 Å². The molecule has 1 heterocycles. The molecule has 0 aliphatic carbocycles. The molecule has 0 aliphatic heterocycles. The van der Waals surface area contributed by atoms with E-state index in [0.29, 0.717) is 5.92 Å². The monoisotopic (exact) mass is 215 g/mol. The largest absolute Gasteiger partial charge is 0.477 e. The number of hydrogen-bond acceptors (Lipinski definition) is 2. The standard InChI is InChI=1S/C13H13NO2/c1-8(2)9-3-5-11-10(7-9)4-6-12(14-11)13(15)16/h3-8H,1-2H3,(H,15,16). The maximum atomic E-state index is 10.8. The minimum absolute atomic E-state index is 0.0878. The summed E-state index contributed by atoms with van der Waals surface area (Å²) in [6.45, 7) is 4.25. The van der Waals surface area contributed by atoms with Gasteiger partial charge in [-0.2, -0.15) is 0 Å². The van der Waals surface area contributed by atoms with Crippen molar-refractivity contribution in [2.45, 2.75) is 19.8 Å². The van der Waals surface area contributed by atoms with E-state index >= 15 is 0 Å². The van der Waals surface area contributed by atoms with Crippen molar-refractivity contribution < 1.29 is 9.90 Å². The predicted molar refractivity (Wildman–Crippen MR) is 62.8 cm³/mol. The Morgan fingerprint density at radius 3 is 2.62 bits per heavy atom. The fourth-order valence-electron chi connectivity index (χ4n) is 1.62. The normalized spacial score (nSPS) is 10.9. The number of carboxylic acids is 1. The van der Waals surface area contributed by atoms with Gasteiger partial charge in [0.05, 0.1) is 5.52 Å². The van der Waals surface area contributed by atoms with E-state index in [1.165, 1.54) is 11.6 Å². The number of carboxylic acid groups (broad SMARTS) is 1. The first-order chi connectivity index (χ1) is 7.58. The SMILES string of the molecule is CC(C)c1ccc2nc(C(=O)O)ccc2c1. The summed E-state index contributed by atoms with van der Waals surface area (Å²) >= 11 is 0. The molecule has 3 heteroatoms. The lowest BCUT2D eigenvalue weighted by Gasteiger charge is -2.06. The Kier molecular flexibility index (Phi) is 2.60. The summed E-state index contributed by atoms with van der Waals surface area (Å²) in [5.41, 5.74) is 2.05. The fraction of sp³-hybridized carbons (Fsp3) is 0.231. The molecule has 0 amide bonds. The Hall–Kier alpha value is -1.90. The van der Waals surface area contributed by atoms with E-state index in [9.17, 15) is 4.79 Å². The number of carbonyl (C=O) groups is 1. The molecule has 0 fully saturated rings. The van der Waals surface area contributed by atoms with Crippen LogP contribution >= 0.6 is 0 Å². The lowest BCUT2D eigenvalue weighted by Crippen LogP contribution is -1.99. The number of hydrogen-bond donors (Lipinski definition) is 1. The molecule has 3 nitrogen and oxygen atoms in total. The molecule has 0 unspecified atom stereocenters. The highest BCUT2D eigenvalue weighted by Gasteiger charge is 2.06. The predicted octanol–water partition coefficient (Wildman–Crippen LogP) is 3.06. The van der Waals surface area contributed by atoms with Gasteiger partial charge in [-0.25, -0.2) is 9.78 Å². The second-order valence-corrected chi connectivity index (χ2v) is 4.11. The molecule has 2 rings (SSSR count). The molecule has 0 aliphatic rings. The minimum atomic E-state index is -0.991. The van der Waals surface area contributed by atoms with Crippen molar-refractivity contribution in [3.05, 3.63) is 41.6 Å². The fourth-order valence-corrected chi connectivity index (χ4v) is 1.62. The summed E-state index contributed by atoms with van der Waals surface area (Å²) in [6, 6.07) is 9.26. The third kappa shape index (κ3) is 1.89. The van der Waals surface area contributed by atoms with Gasteiger partial charge < -0.3 is 5.11 Å². The molecule has 0 bridgehead atoms. The Balaban J connectivity index is 2.57. The summed E-state index contributed by atoms with van der Waals surface area (Å²) in [5, 5.41) is 9.81. The van der Waals surface area contributed by atoms with Gasteiger partial charge in [-0.3, -0.25) is 0 Å². The Labute approximate surface area is 93.7 Å². The quantitative estimate of drug-likeness (QED) is 0.837. The highest BCUT2D eigenvalue weighted by atomic mass is 16.4. The van der Waals surface area contributed by atoms with Crippen LogP contribution in [-0.4, -0.2) is 16.1 Å². The first-order valence-electron chi connectivity index (χ1n) is 5.22. The Morgan fingerprint density at radius 1 is 1.25 bits per heavy atom. The third-order valence-corrected chi connectivity index (χ3v) is 2.60. The molecular weight excluding hydrogens is 202 g/mol. The van der Waals surface area contributed by atoms with E-state index < -0.39 is 5.97 Å². The highest BCUT2D eigenvalue weighted by molar-refractivity contribution is 5.89. The van der Waals surface area contributed by atoms with Crippen LogP contribution in [0.5, 0.6) is 0 Å². The van der Waals surface area contributed by atoms with Crippen LogP contribution in [0.3, 0.4) is 0 Å². The molecule has 2 aromatic rings. The summed E-state index contributed by atoms with van der Waals surface area (Å²) in [5.74, 6) is -0.529. The average molecular weight is 215 g/mol. The molecule has 82 valence electrons. The van der Waals surface area contributed by atoms with E-state index in [2.05, 4.69) is 24.9 Å². The van der Waals surface area contributed by atoms with E-state index in [1.807, 2.05) is 12.1 Å². The maximum Gasteiger partial charge on any atom is 0.354 e. The van der Waals surface area contributed by atoms with Gasteiger partial charge in [-0.05, 0) is 29.7 Å². The molecule has 1 N–H and O–H groups in total. The van der Waals surface area contributed by atoms with E-state index in [-0.39, 0.29) is 5.69 Å². The first-order valence-corrected chi connectivity index (χ1v) is 5.22. The molecule has 0 saturated heterocycles. The van der Waals surface area contributed by atoms with Crippen molar-refractivity contribution in [2.75, 3.05) is 0 Å². The first kappa shape index (κ1) is 10.6. The second-order valence-electron chi connectivity index (χ2n) is 4.11. The van der Waals surface area contributed by atoms with Crippen molar-refractivity contribution in [1.29, 1.82) is 0 Å². The topological polar surface area (TPSA) is 50.2 Å². The zero-order chi connectivity index (χ0) is 11.7. The summed E-state index contributed by atoms with van der Waals surface area (Å²) in [4.78, 5) is 14.8. The number of aromatic nitrogens is 1. The minimum Gasteiger partial charge on any atom is -0.477 e. The lowest BCUT2D eigenvalue weighted by atomic mass is 10.0. The molecule has 0 atom stereocenters. The van der Waals surface area contributed by atoms with E-state index in [0.717, 1.165) is 10.9 Å². The van der Waals surface area contributed by atoms with Crippen molar-refractivity contribution in [1.82, 2.24) is 4.98 Å². The molecule has 1 aromatic carbocycles. The molecular formula is C13H13NO2. The van der Waals surface area contributed by atoms with Crippen LogP contribution in [0.4, 0.5) is 0 Å². The van der Waals surface area contributed by atoms with Gasteiger partial charge >= 0.3 is 5.97 Å². The smallest absolute Gasteiger partial charge is 0.354 e. The highest BCUT2D eigenvalue weighted by Crippen LogP contribution is 2.20. The zero-order valence-corrected chi connectivity index (χ0v) is 9.27. The van der Waals surface area contributed by atoms with E-state index in [4.69, 9.17) is 5.11 Å². The number of rotatable bonds is 2. The van der Waals surface area contributed by atoms with Crippen LogP contribution < -0.4 is 0 Å².